The summed E-state index contributed by atoms with van der Waals surface area (Å²) in [5, 5.41) is 10.0. The zero-order chi connectivity index (χ0) is 9.78. The van der Waals surface area contributed by atoms with Crippen molar-refractivity contribution >= 4 is 0 Å². The third-order valence-electron chi connectivity index (χ3n) is 3.16. The standard InChI is InChI=1S/C11H24O/c1-6-11(12,7-2)8-10(5)9(3)4/h9-10,12H,6-8H2,1-5H3/t10-/m1/s1. The second-order valence-electron chi connectivity index (χ2n) is 4.36. The van der Waals surface area contributed by atoms with E-state index >= 15 is 0 Å². The van der Waals surface area contributed by atoms with E-state index in [2.05, 4.69) is 34.6 Å². The van der Waals surface area contributed by atoms with Gasteiger partial charge in [-0.3, -0.25) is 0 Å². The molecule has 0 rings (SSSR count). The summed E-state index contributed by atoms with van der Waals surface area (Å²) in [6.45, 7) is 10.8. The summed E-state index contributed by atoms with van der Waals surface area (Å²) in [6, 6.07) is 0. The molecule has 0 amide bonds. The predicted octanol–water partition coefficient (Wildman–Crippen LogP) is 3.22. The average molecular weight is 172 g/mol. The van der Waals surface area contributed by atoms with Crippen LogP contribution in [0.15, 0.2) is 0 Å². The lowest BCUT2D eigenvalue weighted by Crippen LogP contribution is -2.30. The van der Waals surface area contributed by atoms with Crippen molar-refractivity contribution < 1.29 is 5.11 Å². The van der Waals surface area contributed by atoms with Crippen molar-refractivity contribution in [2.24, 2.45) is 11.8 Å². The van der Waals surface area contributed by atoms with Gasteiger partial charge in [-0.2, -0.15) is 0 Å². The van der Waals surface area contributed by atoms with E-state index < -0.39 is 5.60 Å². The molecule has 0 aromatic rings. The molecule has 0 aromatic carbocycles. The molecular formula is C11H24O. The van der Waals surface area contributed by atoms with Crippen LogP contribution in [0.25, 0.3) is 0 Å². The highest BCUT2D eigenvalue weighted by Gasteiger charge is 2.25. The molecule has 0 aliphatic carbocycles. The van der Waals surface area contributed by atoms with Gasteiger partial charge in [0.05, 0.1) is 5.60 Å². The fourth-order valence-electron chi connectivity index (χ4n) is 1.37. The van der Waals surface area contributed by atoms with E-state index in [1.807, 2.05) is 0 Å². The van der Waals surface area contributed by atoms with Crippen LogP contribution in [-0.2, 0) is 0 Å². The van der Waals surface area contributed by atoms with Crippen molar-refractivity contribution in [1.29, 1.82) is 0 Å². The van der Waals surface area contributed by atoms with E-state index in [4.69, 9.17) is 0 Å². The van der Waals surface area contributed by atoms with Crippen LogP contribution in [0, 0.1) is 11.8 Å². The van der Waals surface area contributed by atoms with Gasteiger partial charge in [-0.15, -0.1) is 0 Å². The Balaban J connectivity index is 4.02. The maximum absolute atomic E-state index is 10.0. The number of hydrogen-bond acceptors (Lipinski definition) is 1. The first-order valence-electron chi connectivity index (χ1n) is 5.17. The molecule has 0 aliphatic rings. The second kappa shape index (κ2) is 4.86. The fourth-order valence-corrected chi connectivity index (χ4v) is 1.37. The Morgan fingerprint density at radius 3 is 1.75 bits per heavy atom. The minimum Gasteiger partial charge on any atom is -0.390 e. The number of rotatable bonds is 5. The Kier molecular flexibility index (Phi) is 4.84. The number of aliphatic hydroxyl groups is 1. The van der Waals surface area contributed by atoms with Crippen molar-refractivity contribution in [3.8, 4) is 0 Å². The minimum absolute atomic E-state index is 0.413. The molecule has 0 spiro atoms. The highest BCUT2D eigenvalue weighted by molar-refractivity contribution is 4.78. The normalized spacial score (nSPS) is 15.2. The Morgan fingerprint density at radius 2 is 1.50 bits per heavy atom. The molecule has 0 aliphatic heterocycles. The third-order valence-corrected chi connectivity index (χ3v) is 3.16. The van der Waals surface area contributed by atoms with Crippen molar-refractivity contribution in [3.05, 3.63) is 0 Å². The first-order valence-corrected chi connectivity index (χ1v) is 5.17. The summed E-state index contributed by atoms with van der Waals surface area (Å²) in [5.41, 5.74) is -0.413. The van der Waals surface area contributed by atoms with Crippen LogP contribution in [0.1, 0.15) is 53.9 Å². The van der Waals surface area contributed by atoms with Crippen LogP contribution in [-0.4, -0.2) is 10.7 Å². The lowest BCUT2D eigenvalue weighted by molar-refractivity contribution is 0.00421. The Morgan fingerprint density at radius 1 is 1.08 bits per heavy atom. The van der Waals surface area contributed by atoms with Gasteiger partial charge in [-0.1, -0.05) is 34.6 Å². The van der Waals surface area contributed by atoms with Gasteiger partial charge in [-0.05, 0) is 31.1 Å². The summed E-state index contributed by atoms with van der Waals surface area (Å²) < 4.78 is 0. The molecule has 0 saturated heterocycles. The number of hydrogen-bond donors (Lipinski definition) is 1. The average Bonchev–Trinajstić information content (AvgIpc) is 2.04. The lowest BCUT2D eigenvalue weighted by atomic mass is 9.82. The second-order valence-corrected chi connectivity index (χ2v) is 4.36. The summed E-state index contributed by atoms with van der Waals surface area (Å²) >= 11 is 0. The zero-order valence-electron chi connectivity index (χ0n) is 9.22. The van der Waals surface area contributed by atoms with Gasteiger partial charge in [0.15, 0.2) is 0 Å². The Bertz CT molecular complexity index is 114. The van der Waals surface area contributed by atoms with Crippen molar-refractivity contribution in [1.82, 2.24) is 0 Å². The first-order chi connectivity index (χ1) is 5.45. The molecule has 0 aromatic heterocycles. The largest absolute Gasteiger partial charge is 0.390 e. The van der Waals surface area contributed by atoms with Gasteiger partial charge in [0.1, 0.15) is 0 Å². The van der Waals surface area contributed by atoms with Gasteiger partial charge < -0.3 is 5.11 Å². The highest BCUT2D eigenvalue weighted by atomic mass is 16.3. The van der Waals surface area contributed by atoms with E-state index in [0.717, 1.165) is 19.3 Å². The van der Waals surface area contributed by atoms with Crippen molar-refractivity contribution in [2.45, 2.75) is 59.5 Å². The molecule has 74 valence electrons. The van der Waals surface area contributed by atoms with Crippen LogP contribution in [0.5, 0.6) is 0 Å². The minimum atomic E-state index is -0.413. The lowest BCUT2D eigenvalue weighted by Gasteiger charge is -2.30. The van der Waals surface area contributed by atoms with E-state index in [1.54, 1.807) is 0 Å². The van der Waals surface area contributed by atoms with Crippen LogP contribution in [0.2, 0.25) is 0 Å². The predicted molar refractivity (Wildman–Crippen MR) is 54.2 cm³/mol. The molecule has 1 heteroatoms. The van der Waals surface area contributed by atoms with E-state index in [9.17, 15) is 5.11 Å². The van der Waals surface area contributed by atoms with Gasteiger partial charge in [0, 0.05) is 0 Å². The maximum Gasteiger partial charge on any atom is 0.0645 e. The van der Waals surface area contributed by atoms with Gasteiger partial charge >= 0.3 is 0 Å². The van der Waals surface area contributed by atoms with Crippen LogP contribution < -0.4 is 0 Å². The van der Waals surface area contributed by atoms with E-state index in [-0.39, 0.29) is 0 Å². The van der Waals surface area contributed by atoms with Crippen molar-refractivity contribution in [2.75, 3.05) is 0 Å². The first kappa shape index (κ1) is 12.0. The Hall–Kier alpha value is -0.0400. The van der Waals surface area contributed by atoms with Gasteiger partial charge in [0.25, 0.3) is 0 Å². The summed E-state index contributed by atoms with van der Waals surface area (Å²) in [5.74, 6) is 1.30. The molecule has 1 atom stereocenters. The fraction of sp³-hybridized carbons (Fsp3) is 1.00. The summed E-state index contributed by atoms with van der Waals surface area (Å²) in [7, 11) is 0. The van der Waals surface area contributed by atoms with Gasteiger partial charge in [-0.25, -0.2) is 0 Å². The molecule has 12 heavy (non-hydrogen) atoms. The molecule has 0 radical (unpaired) electrons. The molecule has 0 fully saturated rings. The molecule has 0 saturated carbocycles. The van der Waals surface area contributed by atoms with Crippen molar-refractivity contribution in [3.63, 3.8) is 0 Å². The van der Waals surface area contributed by atoms with Crippen LogP contribution in [0.4, 0.5) is 0 Å². The van der Waals surface area contributed by atoms with Crippen LogP contribution >= 0.6 is 0 Å². The third kappa shape index (κ3) is 3.57. The molecule has 0 bridgehead atoms. The maximum atomic E-state index is 10.0. The Labute approximate surface area is 77.2 Å². The molecule has 1 nitrogen and oxygen atoms in total. The smallest absolute Gasteiger partial charge is 0.0645 e. The summed E-state index contributed by atoms with van der Waals surface area (Å²) in [6.07, 6.45) is 2.69. The highest BCUT2D eigenvalue weighted by Crippen LogP contribution is 2.27. The molecule has 1 N–H and O–H groups in total. The topological polar surface area (TPSA) is 20.2 Å². The molecular weight excluding hydrogens is 148 g/mol. The molecule has 0 heterocycles. The van der Waals surface area contributed by atoms with Gasteiger partial charge in [0.2, 0.25) is 0 Å². The monoisotopic (exact) mass is 172 g/mol. The quantitative estimate of drug-likeness (QED) is 0.675. The zero-order valence-corrected chi connectivity index (χ0v) is 9.22. The molecule has 0 unspecified atom stereocenters. The summed E-state index contributed by atoms with van der Waals surface area (Å²) in [4.78, 5) is 0. The van der Waals surface area contributed by atoms with E-state index in [1.165, 1.54) is 0 Å². The van der Waals surface area contributed by atoms with E-state index in [0.29, 0.717) is 11.8 Å². The van der Waals surface area contributed by atoms with Crippen LogP contribution in [0.3, 0.4) is 0 Å². The SMILES string of the molecule is CCC(O)(CC)C[C@@H](C)C(C)C.